The summed E-state index contributed by atoms with van der Waals surface area (Å²) in [6.45, 7) is 2.99. The van der Waals surface area contributed by atoms with Gasteiger partial charge in [0.25, 0.3) is 0 Å². The Morgan fingerprint density at radius 3 is 2.60 bits per heavy atom. The molecule has 0 radical (unpaired) electrons. The maximum Gasteiger partial charge on any atom is 0.416 e. The number of likely N-dealkylation sites (tertiary alicyclic amines) is 1. The summed E-state index contributed by atoms with van der Waals surface area (Å²) in [5, 5.41) is 4.05. The monoisotopic (exact) mass is 352 g/mol. The van der Waals surface area contributed by atoms with Crippen LogP contribution in [-0.4, -0.2) is 45.1 Å². The third kappa shape index (κ3) is 4.45. The van der Waals surface area contributed by atoms with Gasteiger partial charge in [0.2, 0.25) is 0 Å². The third-order valence-corrected chi connectivity index (χ3v) is 4.48. The van der Waals surface area contributed by atoms with Crippen LogP contribution < -0.4 is 0 Å². The lowest BCUT2D eigenvalue weighted by molar-refractivity contribution is -0.137. The van der Waals surface area contributed by atoms with Crippen LogP contribution in [0.5, 0.6) is 0 Å². The minimum atomic E-state index is -4.38. The zero-order valence-electron chi connectivity index (χ0n) is 13.6. The van der Waals surface area contributed by atoms with Gasteiger partial charge >= 0.3 is 6.18 Å². The van der Waals surface area contributed by atoms with Crippen LogP contribution in [0.15, 0.2) is 36.9 Å². The van der Waals surface area contributed by atoms with Crippen molar-refractivity contribution >= 4 is 5.78 Å². The van der Waals surface area contributed by atoms with E-state index in [1.807, 2.05) is 0 Å². The third-order valence-electron chi connectivity index (χ3n) is 4.48. The van der Waals surface area contributed by atoms with Gasteiger partial charge < -0.3 is 4.90 Å². The van der Waals surface area contributed by atoms with Gasteiger partial charge in [0.05, 0.1) is 12.1 Å². The van der Waals surface area contributed by atoms with E-state index in [0.717, 1.165) is 38.1 Å². The fourth-order valence-electron chi connectivity index (χ4n) is 3.12. The maximum absolute atomic E-state index is 12.6. The normalized spacial score (nSPS) is 19.1. The minimum Gasteiger partial charge on any atom is -0.301 e. The van der Waals surface area contributed by atoms with E-state index in [1.165, 1.54) is 18.5 Å². The number of piperidine rings is 1. The van der Waals surface area contributed by atoms with Gasteiger partial charge in [-0.15, -0.1) is 0 Å². The van der Waals surface area contributed by atoms with Gasteiger partial charge in [0.1, 0.15) is 12.7 Å². The lowest BCUT2D eigenvalue weighted by Crippen LogP contribution is -2.40. The summed E-state index contributed by atoms with van der Waals surface area (Å²) in [5.74, 6) is -0.264. The Kier molecular flexibility index (Phi) is 5.17. The summed E-state index contributed by atoms with van der Waals surface area (Å²) < 4.78 is 39.6. The Hall–Kier alpha value is -2.22. The Morgan fingerprint density at radius 2 is 1.96 bits per heavy atom. The number of ketones is 1. The predicted molar refractivity (Wildman–Crippen MR) is 85.0 cm³/mol. The number of carbonyl (C=O) groups is 1. The molecule has 1 aliphatic rings. The van der Waals surface area contributed by atoms with E-state index in [2.05, 4.69) is 15.0 Å². The van der Waals surface area contributed by atoms with Crippen molar-refractivity contribution in [3.63, 3.8) is 0 Å². The highest BCUT2D eigenvalue weighted by Gasteiger charge is 2.31. The molecule has 1 aromatic heterocycles. The molecule has 0 amide bonds. The van der Waals surface area contributed by atoms with Gasteiger partial charge in [0.15, 0.2) is 5.78 Å². The standard InChI is InChI=1S/C17H19F3N4O/c18-17(19,20)15-5-3-13(4-6-15)16(25)14-2-1-7-23(10-14)8-9-24-12-21-11-22-24/h3-6,11-12,14H,1-2,7-10H2. The van der Waals surface area contributed by atoms with Crippen molar-refractivity contribution in [2.24, 2.45) is 5.92 Å². The molecule has 2 aromatic rings. The number of carbonyl (C=O) groups excluding carboxylic acids is 1. The van der Waals surface area contributed by atoms with Gasteiger partial charge in [-0.1, -0.05) is 12.1 Å². The summed E-state index contributed by atoms with van der Waals surface area (Å²) in [5.41, 5.74) is -0.390. The van der Waals surface area contributed by atoms with E-state index >= 15 is 0 Å². The van der Waals surface area contributed by atoms with Crippen molar-refractivity contribution in [2.45, 2.75) is 25.6 Å². The molecule has 25 heavy (non-hydrogen) atoms. The van der Waals surface area contributed by atoms with Gasteiger partial charge in [-0.05, 0) is 31.5 Å². The van der Waals surface area contributed by atoms with Crippen LogP contribution in [0.25, 0.3) is 0 Å². The smallest absolute Gasteiger partial charge is 0.301 e. The van der Waals surface area contributed by atoms with Crippen LogP contribution in [0, 0.1) is 5.92 Å². The van der Waals surface area contributed by atoms with Crippen molar-refractivity contribution in [3.05, 3.63) is 48.0 Å². The van der Waals surface area contributed by atoms with Gasteiger partial charge in [-0.2, -0.15) is 18.3 Å². The summed E-state index contributed by atoms with van der Waals surface area (Å²) in [6, 6.07) is 4.50. The fraction of sp³-hybridized carbons (Fsp3) is 0.471. The first-order valence-corrected chi connectivity index (χ1v) is 8.20. The number of hydrogen-bond acceptors (Lipinski definition) is 4. The second kappa shape index (κ2) is 7.35. The van der Waals surface area contributed by atoms with E-state index < -0.39 is 11.7 Å². The van der Waals surface area contributed by atoms with E-state index in [1.54, 1.807) is 11.0 Å². The van der Waals surface area contributed by atoms with Gasteiger partial charge in [-0.25, -0.2) is 4.98 Å². The molecule has 5 nitrogen and oxygen atoms in total. The number of rotatable bonds is 5. The zero-order valence-corrected chi connectivity index (χ0v) is 13.6. The topological polar surface area (TPSA) is 51.0 Å². The summed E-state index contributed by atoms with van der Waals surface area (Å²) in [7, 11) is 0. The molecule has 3 rings (SSSR count). The molecule has 1 unspecified atom stereocenters. The molecule has 1 aromatic carbocycles. The second-order valence-electron chi connectivity index (χ2n) is 6.24. The molecule has 8 heteroatoms. The van der Waals surface area contributed by atoms with Gasteiger partial charge in [-0.3, -0.25) is 9.48 Å². The summed E-state index contributed by atoms with van der Waals surface area (Å²) >= 11 is 0. The van der Waals surface area contributed by atoms with E-state index in [4.69, 9.17) is 0 Å². The highest BCUT2D eigenvalue weighted by atomic mass is 19.4. The van der Waals surface area contributed by atoms with Crippen molar-refractivity contribution < 1.29 is 18.0 Å². The SMILES string of the molecule is O=C(c1ccc(C(F)(F)F)cc1)C1CCCN(CCn2cncn2)C1. The molecule has 1 atom stereocenters. The number of nitrogens with zero attached hydrogens (tertiary/aromatic N) is 4. The van der Waals surface area contributed by atoms with E-state index in [9.17, 15) is 18.0 Å². The Balaban J connectivity index is 1.59. The first-order chi connectivity index (χ1) is 11.9. The number of hydrogen-bond donors (Lipinski definition) is 0. The molecule has 0 spiro atoms. The van der Waals surface area contributed by atoms with Crippen LogP contribution in [0.2, 0.25) is 0 Å². The molecule has 1 fully saturated rings. The Bertz CT molecular complexity index is 698. The molecule has 0 aliphatic carbocycles. The van der Waals surface area contributed by atoms with Crippen molar-refractivity contribution in [3.8, 4) is 0 Å². The molecule has 0 bridgehead atoms. The average Bonchev–Trinajstić information content (AvgIpc) is 3.12. The fourth-order valence-corrected chi connectivity index (χ4v) is 3.12. The number of benzene rings is 1. The molecule has 2 heterocycles. The van der Waals surface area contributed by atoms with Crippen molar-refractivity contribution in [1.82, 2.24) is 19.7 Å². The van der Waals surface area contributed by atoms with Crippen LogP contribution in [-0.2, 0) is 12.7 Å². The summed E-state index contributed by atoms with van der Waals surface area (Å²) in [6.07, 6.45) is 0.403. The lowest BCUT2D eigenvalue weighted by atomic mass is 9.89. The van der Waals surface area contributed by atoms with Crippen molar-refractivity contribution in [2.75, 3.05) is 19.6 Å². The van der Waals surface area contributed by atoms with Crippen LogP contribution in [0.3, 0.4) is 0 Å². The van der Waals surface area contributed by atoms with Crippen LogP contribution >= 0.6 is 0 Å². The number of halogens is 3. The summed E-state index contributed by atoms with van der Waals surface area (Å²) in [4.78, 5) is 18.7. The molecule has 134 valence electrons. The zero-order chi connectivity index (χ0) is 17.9. The molecular formula is C17H19F3N4O. The molecular weight excluding hydrogens is 333 g/mol. The van der Waals surface area contributed by atoms with E-state index in [0.29, 0.717) is 18.7 Å². The first kappa shape index (κ1) is 17.6. The number of aromatic nitrogens is 3. The van der Waals surface area contributed by atoms with Crippen LogP contribution in [0.4, 0.5) is 13.2 Å². The Morgan fingerprint density at radius 1 is 1.20 bits per heavy atom. The number of alkyl halides is 3. The highest BCUT2D eigenvalue weighted by molar-refractivity contribution is 5.98. The minimum absolute atomic E-state index is 0.0841. The largest absolute Gasteiger partial charge is 0.416 e. The molecule has 0 saturated carbocycles. The average molecular weight is 352 g/mol. The Labute approximate surface area is 143 Å². The van der Waals surface area contributed by atoms with Crippen LogP contribution in [0.1, 0.15) is 28.8 Å². The number of Topliss-reactive ketones (excluding diaryl/α,β-unsaturated/α-hetero) is 1. The van der Waals surface area contributed by atoms with Crippen molar-refractivity contribution in [1.29, 1.82) is 0 Å². The lowest BCUT2D eigenvalue weighted by Gasteiger charge is -2.31. The molecule has 0 N–H and O–H groups in total. The first-order valence-electron chi connectivity index (χ1n) is 8.20. The predicted octanol–water partition coefficient (Wildman–Crippen LogP) is 2.89. The maximum atomic E-state index is 12.6. The molecule has 1 aliphatic heterocycles. The van der Waals surface area contributed by atoms with Gasteiger partial charge in [0, 0.05) is 24.6 Å². The second-order valence-corrected chi connectivity index (χ2v) is 6.24. The molecule has 1 saturated heterocycles. The quantitative estimate of drug-likeness (QED) is 0.777. The van der Waals surface area contributed by atoms with E-state index in [-0.39, 0.29) is 11.7 Å². The highest BCUT2D eigenvalue weighted by Crippen LogP contribution is 2.30.